The van der Waals surface area contributed by atoms with Crippen molar-refractivity contribution in [1.82, 2.24) is 4.98 Å². The minimum absolute atomic E-state index is 0.350. The molecule has 0 saturated carbocycles. The van der Waals surface area contributed by atoms with Gasteiger partial charge in [0, 0.05) is 18.9 Å². The van der Waals surface area contributed by atoms with E-state index in [1.165, 1.54) is 12.5 Å². The highest BCUT2D eigenvalue weighted by molar-refractivity contribution is 5.23. The van der Waals surface area contributed by atoms with Crippen LogP contribution < -0.4 is 9.47 Å². The maximum Gasteiger partial charge on any atom is 0.242 e. The van der Waals surface area contributed by atoms with Crippen LogP contribution in [0.2, 0.25) is 0 Å². The number of hydrogen-bond donors (Lipinski definition) is 0. The Balaban J connectivity index is 2.59. The number of rotatable bonds is 14. The van der Waals surface area contributed by atoms with Gasteiger partial charge < -0.3 is 18.9 Å². The summed E-state index contributed by atoms with van der Waals surface area (Å²) in [5, 5.41) is 0. The summed E-state index contributed by atoms with van der Waals surface area (Å²) in [4.78, 5) is 4.26. The predicted molar refractivity (Wildman–Crippen MR) is 94.7 cm³/mol. The van der Waals surface area contributed by atoms with Gasteiger partial charge in [-0.2, -0.15) is 0 Å². The van der Waals surface area contributed by atoms with Crippen LogP contribution in [-0.4, -0.2) is 17.6 Å². The van der Waals surface area contributed by atoms with Crippen molar-refractivity contribution in [3.63, 3.8) is 0 Å². The minimum Gasteiger partial charge on any atom is -0.463 e. The Hall–Kier alpha value is -2.17. The molecular formula is C19H29NO4. The Bertz CT molecular complexity index is 418. The van der Waals surface area contributed by atoms with Crippen molar-refractivity contribution >= 4 is 0 Å². The molecule has 0 radical (unpaired) electrons. The molecule has 0 fully saturated rings. The molecule has 1 aromatic rings. The molecule has 0 aliphatic heterocycles. The Labute approximate surface area is 145 Å². The molecule has 24 heavy (non-hydrogen) atoms. The fourth-order valence-corrected chi connectivity index (χ4v) is 2.06. The van der Waals surface area contributed by atoms with Crippen LogP contribution in [0.4, 0.5) is 0 Å². The molecule has 0 aliphatic carbocycles. The van der Waals surface area contributed by atoms with Gasteiger partial charge in [0.25, 0.3) is 0 Å². The molecule has 134 valence electrons. The summed E-state index contributed by atoms with van der Waals surface area (Å²) >= 11 is 0. The lowest BCUT2D eigenvalue weighted by Crippen LogP contribution is -2.19. The van der Waals surface area contributed by atoms with Gasteiger partial charge in [-0.05, 0) is 18.9 Å². The molecule has 0 aromatic carbocycles. The second-order valence-electron chi connectivity index (χ2n) is 5.32. The van der Waals surface area contributed by atoms with Crippen LogP contribution in [0.5, 0.6) is 11.6 Å². The fourth-order valence-electron chi connectivity index (χ4n) is 2.06. The maximum absolute atomic E-state index is 5.77. The highest BCUT2D eigenvalue weighted by Crippen LogP contribution is 2.19. The van der Waals surface area contributed by atoms with E-state index in [1.54, 1.807) is 18.3 Å². The summed E-state index contributed by atoms with van der Waals surface area (Å²) in [7, 11) is 0. The van der Waals surface area contributed by atoms with Crippen molar-refractivity contribution in [2.75, 3.05) is 0 Å². The van der Waals surface area contributed by atoms with Gasteiger partial charge in [0.1, 0.15) is 5.75 Å². The normalized spacial score (nSPS) is 12.8. The van der Waals surface area contributed by atoms with E-state index in [2.05, 4.69) is 32.0 Å². The minimum atomic E-state index is -0.372. The van der Waals surface area contributed by atoms with Crippen LogP contribution in [0.15, 0.2) is 44.0 Å². The standard InChI is InChI=1S/C19H29NO4/c1-5-9-11-18(21-7-3)23-16-13-14-17(20-15-16)24-19(22-8-4)12-10-6-2/h7-8,13-15,18-19H,3-6,9-12H2,1-2H3. The van der Waals surface area contributed by atoms with Crippen LogP contribution in [0, 0.1) is 0 Å². The second-order valence-corrected chi connectivity index (χ2v) is 5.32. The predicted octanol–water partition coefficient (Wildman–Crippen LogP) is 5.19. The number of pyridine rings is 1. The first kappa shape index (κ1) is 19.9. The van der Waals surface area contributed by atoms with Crippen molar-refractivity contribution in [2.45, 2.75) is 65.0 Å². The average molecular weight is 335 g/mol. The number of nitrogens with zero attached hydrogens (tertiary/aromatic N) is 1. The zero-order valence-corrected chi connectivity index (χ0v) is 14.8. The van der Waals surface area contributed by atoms with Crippen molar-refractivity contribution < 1.29 is 18.9 Å². The lowest BCUT2D eigenvalue weighted by Gasteiger charge is -2.19. The monoisotopic (exact) mass is 335 g/mol. The van der Waals surface area contributed by atoms with Crippen LogP contribution in [-0.2, 0) is 9.47 Å². The molecule has 0 aliphatic rings. The number of ether oxygens (including phenoxy) is 4. The van der Waals surface area contributed by atoms with E-state index in [9.17, 15) is 0 Å². The summed E-state index contributed by atoms with van der Waals surface area (Å²) in [6.45, 7) is 11.4. The molecule has 1 heterocycles. The molecular weight excluding hydrogens is 306 g/mol. The second kappa shape index (κ2) is 12.3. The maximum atomic E-state index is 5.77. The van der Waals surface area contributed by atoms with Gasteiger partial charge in [0.05, 0.1) is 18.7 Å². The van der Waals surface area contributed by atoms with Gasteiger partial charge in [0.15, 0.2) is 0 Å². The summed E-state index contributed by atoms with van der Waals surface area (Å²) in [6.07, 6.45) is 9.45. The highest BCUT2D eigenvalue weighted by Gasteiger charge is 2.12. The van der Waals surface area contributed by atoms with Gasteiger partial charge in [-0.15, -0.1) is 0 Å². The third-order valence-electron chi connectivity index (χ3n) is 3.31. The molecule has 5 nitrogen and oxygen atoms in total. The molecule has 0 spiro atoms. The first-order valence-corrected chi connectivity index (χ1v) is 8.55. The van der Waals surface area contributed by atoms with Gasteiger partial charge in [-0.1, -0.05) is 39.8 Å². The summed E-state index contributed by atoms with van der Waals surface area (Å²) in [5.74, 6) is 1.11. The van der Waals surface area contributed by atoms with Gasteiger partial charge in [0.2, 0.25) is 18.5 Å². The SMILES string of the molecule is C=COC(CCCC)Oc1ccc(OC(CCCC)OC=C)nc1. The van der Waals surface area contributed by atoms with E-state index in [4.69, 9.17) is 18.9 Å². The lowest BCUT2D eigenvalue weighted by molar-refractivity contribution is -0.0409. The van der Waals surface area contributed by atoms with Crippen molar-refractivity contribution in [2.24, 2.45) is 0 Å². The van der Waals surface area contributed by atoms with Crippen molar-refractivity contribution in [3.05, 3.63) is 44.0 Å². The third kappa shape index (κ3) is 7.90. The molecule has 0 N–H and O–H groups in total. The highest BCUT2D eigenvalue weighted by atomic mass is 16.7. The van der Waals surface area contributed by atoms with E-state index < -0.39 is 0 Å². The fraction of sp³-hybridized carbons (Fsp3) is 0.526. The molecule has 1 rings (SSSR count). The Morgan fingerprint density at radius 3 is 2.00 bits per heavy atom. The first-order chi connectivity index (χ1) is 11.7. The molecule has 0 saturated heterocycles. The smallest absolute Gasteiger partial charge is 0.242 e. The van der Waals surface area contributed by atoms with Crippen molar-refractivity contribution in [1.29, 1.82) is 0 Å². The summed E-state index contributed by atoms with van der Waals surface area (Å²) < 4.78 is 22.2. The van der Waals surface area contributed by atoms with Crippen LogP contribution in [0.25, 0.3) is 0 Å². The zero-order chi connectivity index (χ0) is 17.6. The van der Waals surface area contributed by atoms with Crippen LogP contribution >= 0.6 is 0 Å². The number of hydrogen-bond acceptors (Lipinski definition) is 5. The molecule has 0 bridgehead atoms. The molecule has 2 atom stereocenters. The molecule has 2 unspecified atom stereocenters. The zero-order valence-electron chi connectivity index (χ0n) is 14.8. The molecule has 0 amide bonds. The van der Waals surface area contributed by atoms with E-state index in [1.807, 2.05) is 0 Å². The summed E-state index contributed by atoms with van der Waals surface area (Å²) in [5.41, 5.74) is 0. The van der Waals surface area contributed by atoms with Crippen LogP contribution in [0.3, 0.4) is 0 Å². The van der Waals surface area contributed by atoms with Gasteiger partial charge in [-0.25, -0.2) is 4.98 Å². The van der Waals surface area contributed by atoms with Crippen molar-refractivity contribution in [3.8, 4) is 11.6 Å². The summed E-state index contributed by atoms with van der Waals surface area (Å²) in [6, 6.07) is 3.56. The van der Waals surface area contributed by atoms with Crippen LogP contribution in [0.1, 0.15) is 52.4 Å². The van der Waals surface area contributed by atoms with Gasteiger partial charge >= 0.3 is 0 Å². The number of aromatic nitrogens is 1. The van der Waals surface area contributed by atoms with E-state index in [0.29, 0.717) is 11.6 Å². The molecule has 5 heteroatoms. The Morgan fingerprint density at radius 1 is 0.958 bits per heavy atom. The lowest BCUT2D eigenvalue weighted by atomic mass is 10.2. The Morgan fingerprint density at radius 2 is 1.54 bits per heavy atom. The van der Waals surface area contributed by atoms with E-state index in [-0.39, 0.29) is 12.6 Å². The van der Waals surface area contributed by atoms with E-state index in [0.717, 1.165) is 38.5 Å². The quantitative estimate of drug-likeness (QED) is 0.346. The van der Waals surface area contributed by atoms with E-state index >= 15 is 0 Å². The topological polar surface area (TPSA) is 49.8 Å². The molecule has 1 aromatic heterocycles. The number of unbranched alkanes of at least 4 members (excludes halogenated alkanes) is 2. The first-order valence-electron chi connectivity index (χ1n) is 8.55. The Kier molecular flexibility index (Phi) is 10.2. The third-order valence-corrected chi connectivity index (χ3v) is 3.31. The van der Waals surface area contributed by atoms with Gasteiger partial charge in [-0.3, -0.25) is 0 Å². The average Bonchev–Trinajstić information content (AvgIpc) is 2.59. The largest absolute Gasteiger partial charge is 0.463 e.